The molecule has 6 atom stereocenters. The van der Waals surface area contributed by atoms with Gasteiger partial charge in [0.2, 0.25) is 5.91 Å². The van der Waals surface area contributed by atoms with Crippen LogP contribution in [0.2, 0.25) is 0 Å². The van der Waals surface area contributed by atoms with Crippen molar-refractivity contribution < 1.29 is 43.7 Å². The first kappa shape index (κ1) is 28.3. The van der Waals surface area contributed by atoms with Crippen LogP contribution in [0.4, 0.5) is 0 Å². The average Bonchev–Trinajstić information content (AvgIpc) is 2.90. The van der Waals surface area contributed by atoms with Gasteiger partial charge in [0.05, 0.1) is 24.6 Å². The van der Waals surface area contributed by atoms with Crippen LogP contribution in [0.5, 0.6) is 11.5 Å². The number of likely N-dealkylation sites (N-methyl/N-ethyl adjacent to an activating group) is 1. The Morgan fingerprint density at radius 3 is 2.32 bits per heavy atom. The summed E-state index contributed by atoms with van der Waals surface area (Å²) in [5.41, 5.74) is 4.25. The van der Waals surface area contributed by atoms with E-state index in [1.54, 1.807) is 24.3 Å². The summed E-state index contributed by atoms with van der Waals surface area (Å²) in [6.07, 6.45) is 0.0205. The summed E-state index contributed by atoms with van der Waals surface area (Å²) in [5, 5.41) is 22.5. The van der Waals surface area contributed by atoms with Crippen LogP contribution < -0.4 is 10.5 Å². The number of amides is 1. The van der Waals surface area contributed by atoms with E-state index in [9.17, 15) is 39.0 Å². The van der Waals surface area contributed by atoms with E-state index < -0.39 is 64.4 Å². The predicted octanol–water partition coefficient (Wildman–Crippen LogP) is 0.745. The predicted molar refractivity (Wildman–Crippen MR) is 143 cm³/mol. The number of ketones is 5. The van der Waals surface area contributed by atoms with Crippen molar-refractivity contribution >= 4 is 34.8 Å². The summed E-state index contributed by atoms with van der Waals surface area (Å²) in [6, 6.07) is 6.56. The van der Waals surface area contributed by atoms with Crippen LogP contribution in [0.1, 0.15) is 39.6 Å². The van der Waals surface area contributed by atoms with Crippen LogP contribution in [0.25, 0.3) is 11.1 Å². The van der Waals surface area contributed by atoms with E-state index in [-0.39, 0.29) is 29.9 Å². The van der Waals surface area contributed by atoms with Gasteiger partial charge < -0.3 is 20.7 Å². The number of ether oxygens (including phenoxy) is 1. The molecule has 0 saturated heterocycles. The van der Waals surface area contributed by atoms with E-state index in [0.29, 0.717) is 28.0 Å². The number of primary amides is 1. The minimum atomic E-state index is -2.79. The van der Waals surface area contributed by atoms with Crippen LogP contribution >= 0.6 is 0 Å². The Hall–Kier alpha value is -4.22. The van der Waals surface area contributed by atoms with Crippen LogP contribution in [-0.2, 0) is 25.6 Å². The number of aromatic hydroxyl groups is 1. The minimum absolute atomic E-state index is 0.0659. The normalized spacial score (nSPS) is 29.1. The second kappa shape index (κ2) is 9.71. The molecule has 41 heavy (non-hydrogen) atoms. The number of aliphatic hydroxyl groups is 1. The van der Waals surface area contributed by atoms with Gasteiger partial charge in [0.25, 0.3) is 0 Å². The Labute approximate surface area is 235 Å². The number of nitrogens with two attached hydrogens (primary N) is 1. The maximum absolute atomic E-state index is 14.0. The van der Waals surface area contributed by atoms with Crippen LogP contribution in [0, 0.1) is 23.7 Å². The average molecular weight is 563 g/mol. The summed E-state index contributed by atoms with van der Waals surface area (Å²) < 4.78 is 5.52. The molecule has 0 aliphatic heterocycles. The number of hydrogen-bond donors (Lipinski definition) is 3. The van der Waals surface area contributed by atoms with E-state index in [4.69, 9.17) is 10.5 Å². The topological polar surface area (TPSA) is 181 Å². The number of methoxy groups -OCH3 is 1. The molecule has 1 amide bonds. The van der Waals surface area contributed by atoms with Crippen LogP contribution in [-0.4, -0.2) is 82.8 Å². The Bertz CT molecular complexity index is 1560. The zero-order valence-electron chi connectivity index (χ0n) is 23.0. The molecule has 2 fully saturated rings. The maximum atomic E-state index is 14.0. The van der Waals surface area contributed by atoms with Gasteiger partial charge in [0.15, 0.2) is 40.4 Å². The standard InChI is InChI=1S/C30H30N2O9/c1-12(33)13-5-8-20(41-4)16(9-13)15-6-7-19(34)22-17(15)10-14-11-18-24(32(2)3)26(36)23(29(31)39)28(38)30(18,40)27(37)21(14)25(22)35/h5-9,14,18,21,23-24,34,40H,10-11H2,1-4H3,(H2,31,39)/t14-,18-,21?,23?,24-,30-/m1/s1. The van der Waals surface area contributed by atoms with E-state index in [2.05, 4.69) is 0 Å². The van der Waals surface area contributed by atoms with Crippen LogP contribution in [0.15, 0.2) is 30.3 Å². The van der Waals surface area contributed by atoms with Gasteiger partial charge >= 0.3 is 0 Å². The fourth-order valence-corrected chi connectivity index (χ4v) is 6.99. The third kappa shape index (κ3) is 3.94. The summed E-state index contributed by atoms with van der Waals surface area (Å²) in [7, 11) is 4.51. The van der Waals surface area contributed by atoms with E-state index >= 15 is 0 Å². The quantitative estimate of drug-likeness (QED) is 0.347. The molecule has 2 aromatic rings. The molecule has 4 N–H and O–H groups in total. The summed E-state index contributed by atoms with van der Waals surface area (Å²) in [5.74, 6) is -10.9. The summed E-state index contributed by atoms with van der Waals surface area (Å²) >= 11 is 0. The molecule has 0 radical (unpaired) electrons. The number of rotatable bonds is 5. The molecule has 3 aliphatic rings. The van der Waals surface area contributed by atoms with Gasteiger partial charge in [-0.3, -0.25) is 33.7 Å². The van der Waals surface area contributed by atoms with Gasteiger partial charge in [-0.15, -0.1) is 0 Å². The van der Waals surface area contributed by atoms with Crippen molar-refractivity contribution in [3.05, 3.63) is 47.0 Å². The lowest BCUT2D eigenvalue weighted by Crippen LogP contribution is -2.74. The Kier molecular flexibility index (Phi) is 6.70. The van der Waals surface area contributed by atoms with Crippen molar-refractivity contribution in [3.63, 3.8) is 0 Å². The molecule has 2 saturated carbocycles. The molecule has 3 aliphatic carbocycles. The molecule has 11 nitrogen and oxygen atoms in total. The lowest BCUT2D eigenvalue weighted by molar-refractivity contribution is -0.181. The number of fused-ring (bicyclic) bond motifs is 3. The van der Waals surface area contributed by atoms with Gasteiger partial charge in [-0.25, -0.2) is 0 Å². The lowest BCUT2D eigenvalue weighted by atomic mass is 9.52. The molecule has 0 aromatic heterocycles. The van der Waals surface area contributed by atoms with Gasteiger partial charge in [-0.05, 0) is 75.2 Å². The van der Waals surface area contributed by atoms with Gasteiger partial charge in [-0.2, -0.15) is 0 Å². The number of phenolic OH excluding ortho intramolecular Hbond substituents is 1. The Balaban J connectivity index is 1.68. The number of carbonyl (C=O) groups is 6. The van der Waals surface area contributed by atoms with Gasteiger partial charge in [0, 0.05) is 17.0 Å². The largest absolute Gasteiger partial charge is 0.507 e. The lowest BCUT2D eigenvalue weighted by Gasteiger charge is -2.52. The fraction of sp³-hybridized carbons (Fsp3) is 0.400. The Morgan fingerprint density at radius 1 is 1.05 bits per heavy atom. The first-order valence-electron chi connectivity index (χ1n) is 13.1. The molecule has 0 spiro atoms. The smallest absolute Gasteiger partial charge is 0.235 e. The second-order valence-corrected chi connectivity index (χ2v) is 11.2. The number of phenols is 1. The molecule has 0 heterocycles. The molecule has 5 rings (SSSR count). The highest BCUT2D eigenvalue weighted by Gasteiger charge is 2.69. The third-order valence-corrected chi connectivity index (χ3v) is 8.84. The maximum Gasteiger partial charge on any atom is 0.235 e. The fourth-order valence-electron chi connectivity index (χ4n) is 6.99. The van der Waals surface area contributed by atoms with Gasteiger partial charge in [0.1, 0.15) is 11.5 Å². The highest BCUT2D eigenvalue weighted by atomic mass is 16.5. The first-order valence-corrected chi connectivity index (χ1v) is 13.1. The van der Waals surface area contributed by atoms with Crippen molar-refractivity contribution in [2.24, 2.45) is 29.4 Å². The third-order valence-electron chi connectivity index (χ3n) is 8.84. The van der Waals surface area contributed by atoms with Gasteiger partial charge in [-0.1, -0.05) is 6.07 Å². The van der Waals surface area contributed by atoms with Crippen molar-refractivity contribution in [2.45, 2.75) is 31.4 Å². The zero-order chi connectivity index (χ0) is 30.1. The highest BCUT2D eigenvalue weighted by Crippen LogP contribution is 2.52. The highest BCUT2D eigenvalue weighted by molar-refractivity contribution is 6.32. The molecule has 0 bridgehead atoms. The molecular weight excluding hydrogens is 532 g/mol. The number of hydrogen-bond acceptors (Lipinski definition) is 10. The van der Waals surface area contributed by atoms with E-state index in [0.717, 1.165) is 0 Å². The zero-order valence-corrected chi connectivity index (χ0v) is 23.0. The SMILES string of the molecule is COc1ccc(C(C)=O)cc1-c1ccc(O)c2c1C[C@@H]1C[C@@H]3[C@@H](N(C)C)C(=O)C(C(N)=O)C(=O)[C@]3(O)C(=O)C1C2=O. The second-order valence-electron chi connectivity index (χ2n) is 11.2. The van der Waals surface area contributed by atoms with E-state index in [1.165, 1.54) is 39.1 Å². The molecule has 2 unspecified atom stereocenters. The summed E-state index contributed by atoms with van der Waals surface area (Å²) in [4.78, 5) is 80.3. The number of nitrogens with zero attached hydrogens (tertiary/aromatic N) is 1. The van der Waals surface area contributed by atoms with Crippen molar-refractivity contribution in [2.75, 3.05) is 21.2 Å². The molecular formula is C30H30N2O9. The number of benzene rings is 2. The van der Waals surface area contributed by atoms with Crippen molar-refractivity contribution in [1.82, 2.24) is 4.90 Å². The number of carbonyl (C=O) groups excluding carboxylic acids is 6. The number of Topliss-reactive ketones (excluding diaryl/α,β-unsaturated/α-hetero) is 5. The first-order chi connectivity index (χ1) is 19.2. The molecule has 214 valence electrons. The van der Waals surface area contributed by atoms with Crippen molar-refractivity contribution in [3.8, 4) is 22.6 Å². The monoisotopic (exact) mass is 562 g/mol. The minimum Gasteiger partial charge on any atom is -0.507 e. The molecule has 11 heteroatoms. The molecule has 2 aromatic carbocycles. The van der Waals surface area contributed by atoms with Crippen LogP contribution in [0.3, 0.4) is 0 Å². The summed E-state index contributed by atoms with van der Waals surface area (Å²) in [6.45, 7) is 1.41. The Morgan fingerprint density at radius 2 is 1.73 bits per heavy atom. The van der Waals surface area contributed by atoms with Crippen molar-refractivity contribution in [1.29, 1.82) is 0 Å². The van der Waals surface area contributed by atoms with E-state index in [1.807, 2.05) is 0 Å².